The predicted molar refractivity (Wildman–Crippen MR) is 92.9 cm³/mol. The van der Waals surface area contributed by atoms with Crippen LogP contribution in [0.2, 0.25) is 5.02 Å². The van der Waals surface area contributed by atoms with Gasteiger partial charge in [-0.2, -0.15) is 11.3 Å². The van der Waals surface area contributed by atoms with Crippen molar-refractivity contribution in [3.8, 4) is 0 Å². The molecule has 2 aromatic heterocycles. The summed E-state index contributed by atoms with van der Waals surface area (Å²) in [5, 5.41) is 8.19. The van der Waals surface area contributed by atoms with Crippen molar-refractivity contribution in [3.63, 3.8) is 0 Å². The van der Waals surface area contributed by atoms with Gasteiger partial charge in [0.1, 0.15) is 5.69 Å². The lowest BCUT2D eigenvalue weighted by molar-refractivity contribution is 0.0687. The zero-order valence-electron chi connectivity index (χ0n) is 12.8. The predicted octanol–water partition coefficient (Wildman–Crippen LogP) is 3.51. The van der Waals surface area contributed by atoms with E-state index in [0.717, 1.165) is 32.4 Å². The van der Waals surface area contributed by atoms with Crippen molar-refractivity contribution in [2.24, 2.45) is 5.41 Å². The Hall–Kier alpha value is -1.30. The molecule has 1 saturated carbocycles. The summed E-state index contributed by atoms with van der Waals surface area (Å²) in [5.74, 6) is 0.0588. The van der Waals surface area contributed by atoms with Gasteiger partial charge in [0.25, 0.3) is 5.91 Å². The molecule has 0 aromatic carbocycles. The molecule has 1 atom stereocenters. The number of aromatic nitrogens is 1. The fourth-order valence-electron chi connectivity index (χ4n) is 3.78. The number of amides is 1. The molecule has 23 heavy (non-hydrogen) atoms. The van der Waals surface area contributed by atoms with Crippen molar-refractivity contribution in [1.82, 2.24) is 15.2 Å². The summed E-state index contributed by atoms with van der Waals surface area (Å²) in [7, 11) is 0. The first kappa shape index (κ1) is 15.2. The summed E-state index contributed by atoms with van der Waals surface area (Å²) < 4.78 is 0. The molecular formula is C17H20ClN3OS. The SMILES string of the molecule is O=C(c1cc(Cl)c[nH]1)N(Cc1ccsc1)[C@@H]1CC12CCNCC2. The molecule has 2 fully saturated rings. The molecule has 6 heteroatoms. The van der Waals surface area contributed by atoms with Gasteiger partial charge < -0.3 is 15.2 Å². The summed E-state index contributed by atoms with van der Waals surface area (Å²) in [4.78, 5) is 18.1. The normalized spacial score (nSPS) is 22.2. The van der Waals surface area contributed by atoms with Gasteiger partial charge >= 0.3 is 0 Å². The number of rotatable bonds is 4. The molecule has 4 nitrogen and oxygen atoms in total. The molecule has 1 aliphatic carbocycles. The van der Waals surface area contributed by atoms with Gasteiger partial charge in [0.15, 0.2) is 0 Å². The van der Waals surface area contributed by atoms with E-state index in [1.54, 1.807) is 23.6 Å². The third-order valence-corrected chi connectivity index (χ3v) is 6.14. The van der Waals surface area contributed by atoms with Gasteiger partial charge in [-0.3, -0.25) is 4.79 Å². The molecular weight excluding hydrogens is 330 g/mol. The number of H-pyrrole nitrogens is 1. The van der Waals surface area contributed by atoms with Crippen LogP contribution in [0, 0.1) is 5.41 Å². The smallest absolute Gasteiger partial charge is 0.270 e. The molecule has 0 bridgehead atoms. The molecule has 2 aromatic rings. The molecule has 0 unspecified atom stereocenters. The number of hydrogen-bond donors (Lipinski definition) is 2. The molecule has 1 spiro atoms. The van der Waals surface area contributed by atoms with Crippen LogP contribution in [0.25, 0.3) is 0 Å². The molecule has 3 heterocycles. The van der Waals surface area contributed by atoms with Gasteiger partial charge in [0.2, 0.25) is 0 Å². The van der Waals surface area contributed by atoms with Gasteiger partial charge in [-0.25, -0.2) is 0 Å². The highest BCUT2D eigenvalue weighted by Crippen LogP contribution is 2.56. The summed E-state index contributed by atoms with van der Waals surface area (Å²) in [5.41, 5.74) is 2.12. The monoisotopic (exact) mass is 349 g/mol. The Morgan fingerprint density at radius 3 is 2.91 bits per heavy atom. The second-order valence-electron chi connectivity index (χ2n) is 6.63. The van der Waals surface area contributed by atoms with E-state index in [4.69, 9.17) is 11.6 Å². The highest BCUT2D eigenvalue weighted by Gasteiger charge is 2.57. The number of piperidine rings is 1. The van der Waals surface area contributed by atoms with Crippen LogP contribution >= 0.6 is 22.9 Å². The van der Waals surface area contributed by atoms with Gasteiger partial charge in [-0.1, -0.05) is 11.6 Å². The first-order valence-corrected chi connectivity index (χ1v) is 9.37. The highest BCUT2D eigenvalue weighted by molar-refractivity contribution is 7.07. The zero-order chi connectivity index (χ0) is 15.9. The molecule has 2 aliphatic rings. The van der Waals surface area contributed by atoms with Crippen LogP contribution in [-0.2, 0) is 6.54 Å². The van der Waals surface area contributed by atoms with Crippen LogP contribution < -0.4 is 5.32 Å². The second kappa shape index (κ2) is 5.96. The maximum absolute atomic E-state index is 13.0. The standard InChI is InChI=1S/C17H20ClN3OS/c18-13-7-14(20-9-13)16(22)21(10-12-1-6-23-11-12)15-8-17(15)2-4-19-5-3-17/h1,6-7,9,11,15,19-20H,2-5,8,10H2/t15-/m1/s1. The van der Waals surface area contributed by atoms with Crippen LogP contribution in [0.3, 0.4) is 0 Å². The Morgan fingerprint density at radius 2 is 2.26 bits per heavy atom. The average molecular weight is 350 g/mol. The largest absolute Gasteiger partial charge is 0.356 e. The molecule has 1 saturated heterocycles. The van der Waals surface area contributed by atoms with E-state index < -0.39 is 0 Å². The van der Waals surface area contributed by atoms with Crippen LogP contribution in [0.1, 0.15) is 35.3 Å². The Balaban J connectivity index is 1.58. The van der Waals surface area contributed by atoms with Crippen LogP contribution in [-0.4, -0.2) is 34.9 Å². The lowest BCUT2D eigenvalue weighted by Gasteiger charge is -2.29. The minimum atomic E-state index is 0.0588. The molecule has 122 valence electrons. The van der Waals surface area contributed by atoms with E-state index in [-0.39, 0.29) is 5.91 Å². The second-order valence-corrected chi connectivity index (χ2v) is 7.84. The van der Waals surface area contributed by atoms with Crippen molar-refractivity contribution in [1.29, 1.82) is 0 Å². The number of carbonyl (C=O) groups is 1. The maximum Gasteiger partial charge on any atom is 0.270 e. The fraction of sp³-hybridized carbons (Fsp3) is 0.471. The van der Waals surface area contributed by atoms with E-state index in [2.05, 4.69) is 32.0 Å². The highest BCUT2D eigenvalue weighted by atomic mass is 35.5. The maximum atomic E-state index is 13.0. The van der Waals surface area contributed by atoms with Crippen molar-refractivity contribution in [2.45, 2.75) is 31.8 Å². The first-order chi connectivity index (χ1) is 11.2. The van der Waals surface area contributed by atoms with Crippen molar-refractivity contribution in [2.75, 3.05) is 13.1 Å². The molecule has 4 rings (SSSR count). The molecule has 2 N–H and O–H groups in total. The Morgan fingerprint density at radius 1 is 1.43 bits per heavy atom. The topological polar surface area (TPSA) is 48.1 Å². The van der Waals surface area contributed by atoms with Crippen LogP contribution in [0.15, 0.2) is 29.1 Å². The van der Waals surface area contributed by atoms with Crippen molar-refractivity contribution < 1.29 is 4.79 Å². The zero-order valence-corrected chi connectivity index (χ0v) is 14.4. The summed E-state index contributed by atoms with van der Waals surface area (Å²) >= 11 is 7.66. The molecule has 0 radical (unpaired) electrons. The number of thiophene rings is 1. The number of halogens is 1. The fourth-order valence-corrected chi connectivity index (χ4v) is 4.60. The number of carbonyl (C=O) groups excluding carboxylic acids is 1. The quantitative estimate of drug-likeness (QED) is 0.887. The van der Waals surface area contributed by atoms with Crippen LogP contribution in [0.5, 0.6) is 0 Å². The van der Waals surface area contributed by atoms with E-state index >= 15 is 0 Å². The summed E-state index contributed by atoms with van der Waals surface area (Å²) in [6.07, 6.45) is 5.12. The van der Waals surface area contributed by atoms with E-state index in [9.17, 15) is 4.79 Å². The first-order valence-electron chi connectivity index (χ1n) is 8.05. The van der Waals surface area contributed by atoms with Crippen LogP contribution in [0.4, 0.5) is 0 Å². The summed E-state index contributed by atoms with van der Waals surface area (Å²) in [6.45, 7) is 2.80. The van der Waals surface area contributed by atoms with Gasteiger partial charge in [0, 0.05) is 18.8 Å². The lowest BCUT2D eigenvalue weighted by Crippen LogP contribution is -2.39. The van der Waals surface area contributed by atoms with Gasteiger partial charge in [0.05, 0.1) is 5.02 Å². The van der Waals surface area contributed by atoms with Crippen molar-refractivity contribution in [3.05, 3.63) is 45.4 Å². The minimum absolute atomic E-state index is 0.0588. The Labute approximate surface area is 144 Å². The third-order valence-electron chi connectivity index (χ3n) is 5.19. The molecule has 1 aliphatic heterocycles. The average Bonchev–Trinajstić information content (AvgIpc) is 2.97. The Bertz CT molecular complexity index is 691. The Kier molecular flexibility index (Phi) is 3.95. The number of nitrogens with zero attached hydrogens (tertiary/aromatic N) is 1. The number of hydrogen-bond acceptors (Lipinski definition) is 3. The van der Waals surface area contributed by atoms with E-state index in [1.807, 2.05) is 0 Å². The number of aromatic amines is 1. The van der Waals surface area contributed by atoms with Crippen molar-refractivity contribution >= 4 is 28.8 Å². The van der Waals surface area contributed by atoms with E-state index in [0.29, 0.717) is 28.7 Å². The van der Waals surface area contributed by atoms with E-state index in [1.165, 1.54) is 5.56 Å². The third kappa shape index (κ3) is 2.93. The van der Waals surface area contributed by atoms with Gasteiger partial charge in [-0.05, 0) is 66.2 Å². The lowest BCUT2D eigenvalue weighted by atomic mass is 9.93. The minimum Gasteiger partial charge on any atom is -0.356 e. The summed E-state index contributed by atoms with van der Waals surface area (Å²) in [6, 6.07) is 4.17. The van der Waals surface area contributed by atoms with Gasteiger partial charge in [-0.15, -0.1) is 0 Å². The molecule has 1 amide bonds. The number of nitrogens with one attached hydrogen (secondary N) is 2.